The Hall–Kier alpha value is -2.24. The number of esters is 2. The van der Waals surface area contributed by atoms with Gasteiger partial charge in [-0.2, -0.15) is 0 Å². The van der Waals surface area contributed by atoms with Gasteiger partial charge in [0.05, 0.1) is 0 Å². The van der Waals surface area contributed by atoms with Crippen molar-refractivity contribution in [1.29, 1.82) is 0 Å². The van der Waals surface area contributed by atoms with Crippen LogP contribution in [0.4, 0.5) is 5.69 Å². The van der Waals surface area contributed by atoms with Gasteiger partial charge in [-0.05, 0) is 72.7 Å². The van der Waals surface area contributed by atoms with Crippen molar-refractivity contribution in [3.63, 3.8) is 0 Å². The molecular weight excluding hydrogens is 322 g/mol. The largest absolute Gasteiger partial charge is 0.482 e. The van der Waals surface area contributed by atoms with Crippen molar-refractivity contribution in [2.75, 3.05) is 11.9 Å². The molecule has 0 spiro atoms. The monoisotopic (exact) mass is 351 g/mol. The molecule has 0 bridgehead atoms. The van der Waals surface area contributed by atoms with Crippen LogP contribution in [0.25, 0.3) is 0 Å². The quantitative estimate of drug-likeness (QED) is 0.790. The molecule has 1 aromatic rings. The summed E-state index contributed by atoms with van der Waals surface area (Å²) >= 11 is 0. The number of carbonyl (C=O) groups is 2. The van der Waals surface area contributed by atoms with Crippen LogP contribution in [0, 0.1) is 0 Å². The molecule has 1 rings (SSSR count). The van der Waals surface area contributed by atoms with E-state index in [2.05, 4.69) is 5.32 Å². The molecule has 6 nitrogen and oxygen atoms in total. The van der Waals surface area contributed by atoms with Crippen molar-refractivity contribution in [2.45, 2.75) is 65.7 Å². The second-order valence-electron chi connectivity index (χ2n) is 7.80. The number of carbonyl (C=O) groups excluding carboxylic acids is 2. The third kappa shape index (κ3) is 8.98. The van der Waals surface area contributed by atoms with Crippen LogP contribution in [0.3, 0.4) is 0 Å². The number of hydrogen-bond donors (Lipinski definition) is 1. The van der Waals surface area contributed by atoms with E-state index in [9.17, 15) is 9.59 Å². The lowest BCUT2D eigenvalue weighted by molar-refractivity contribution is -0.157. The molecule has 140 valence electrons. The summed E-state index contributed by atoms with van der Waals surface area (Å²) in [6, 6.07) is 6.49. The maximum absolute atomic E-state index is 12.0. The van der Waals surface area contributed by atoms with Crippen molar-refractivity contribution in [2.24, 2.45) is 0 Å². The summed E-state index contributed by atoms with van der Waals surface area (Å²) in [5.74, 6) is -0.202. The fraction of sp³-hybridized carbons (Fsp3) is 0.579. The molecule has 1 atom stereocenters. The van der Waals surface area contributed by atoms with Crippen LogP contribution in [0.15, 0.2) is 24.3 Å². The lowest BCUT2D eigenvalue weighted by atomic mass is 10.2. The van der Waals surface area contributed by atoms with Gasteiger partial charge in [-0.15, -0.1) is 0 Å². The highest BCUT2D eigenvalue weighted by Crippen LogP contribution is 2.18. The van der Waals surface area contributed by atoms with Gasteiger partial charge >= 0.3 is 11.9 Å². The van der Waals surface area contributed by atoms with E-state index in [0.717, 1.165) is 5.69 Å². The summed E-state index contributed by atoms with van der Waals surface area (Å²) in [6.07, 6.45) is 0. The second kappa shape index (κ2) is 8.23. The van der Waals surface area contributed by atoms with Gasteiger partial charge in [0.1, 0.15) is 23.0 Å². The molecule has 0 fully saturated rings. The minimum absolute atomic E-state index is 0.154. The van der Waals surface area contributed by atoms with Crippen LogP contribution in [0.1, 0.15) is 48.5 Å². The van der Waals surface area contributed by atoms with Gasteiger partial charge in [-0.1, -0.05) is 0 Å². The topological polar surface area (TPSA) is 73.9 Å². The standard InChI is InChI=1S/C19H29NO5/c1-13(17(22)25-19(5,6)7)20-14-8-10-15(11-9-14)23-12-16(21)24-18(2,3)4/h8-11,13,20H,12H2,1-7H3/t13-/m0/s1. The Labute approximate surface area is 149 Å². The first-order chi connectivity index (χ1) is 11.4. The summed E-state index contributed by atoms with van der Waals surface area (Å²) < 4.78 is 15.9. The summed E-state index contributed by atoms with van der Waals surface area (Å²) in [7, 11) is 0. The predicted octanol–water partition coefficient (Wildman–Crippen LogP) is 3.55. The molecular formula is C19H29NO5. The van der Waals surface area contributed by atoms with E-state index in [4.69, 9.17) is 14.2 Å². The minimum atomic E-state index is -0.536. The molecule has 0 radical (unpaired) electrons. The molecule has 6 heteroatoms. The van der Waals surface area contributed by atoms with Gasteiger partial charge < -0.3 is 19.5 Å². The number of hydrogen-bond acceptors (Lipinski definition) is 6. The fourth-order valence-electron chi connectivity index (χ4n) is 1.86. The zero-order chi connectivity index (χ0) is 19.3. The number of nitrogens with one attached hydrogen (secondary N) is 1. The first-order valence-corrected chi connectivity index (χ1v) is 8.30. The van der Waals surface area contributed by atoms with Crippen molar-refractivity contribution in [3.8, 4) is 5.75 Å². The van der Waals surface area contributed by atoms with E-state index in [1.54, 1.807) is 52.0 Å². The highest BCUT2D eigenvalue weighted by molar-refractivity contribution is 5.79. The Morgan fingerprint density at radius 3 is 1.96 bits per heavy atom. The molecule has 1 aromatic carbocycles. The number of ether oxygens (including phenoxy) is 3. The number of anilines is 1. The SMILES string of the molecule is C[C@H](Nc1ccc(OCC(=O)OC(C)(C)C)cc1)C(=O)OC(C)(C)C. The molecule has 0 unspecified atom stereocenters. The minimum Gasteiger partial charge on any atom is -0.482 e. The summed E-state index contributed by atoms with van der Waals surface area (Å²) in [5, 5.41) is 3.07. The predicted molar refractivity (Wildman–Crippen MR) is 96.7 cm³/mol. The molecule has 0 aliphatic carbocycles. The van der Waals surface area contributed by atoms with Gasteiger partial charge in [-0.25, -0.2) is 9.59 Å². The van der Waals surface area contributed by atoms with Gasteiger partial charge in [0.15, 0.2) is 6.61 Å². The molecule has 0 saturated carbocycles. The number of rotatable bonds is 6. The molecule has 0 aliphatic rings. The lowest BCUT2D eigenvalue weighted by Crippen LogP contribution is -2.34. The van der Waals surface area contributed by atoms with E-state index in [0.29, 0.717) is 5.75 Å². The van der Waals surface area contributed by atoms with Gasteiger partial charge in [0, 0.05) is 5.69 Å². The van der Waals surface area contributed by atoms with E-state index in [1.165, 1.54) is 0 Å². The van der Waals surface area contributed by atoms with Crippen LogP contribution in [0.2, 0.25) is 0 Å². The zero-order valence-corrected chi connectivity index (χ0v) is 16.1. The average Bonchev–Trinajstić information content (AvgIpc) is 2.43. The summed E-state index contributed by atoms with van der Waals surface area (Å²) in [5.41, 5.74) is -0.304. The van der Waals surface area contributed by atoms with Gasteiger partial charge in [0.25, 0.3) is 0 Å². The Morgan fingerprint density at radius 1 is 0.960 bits per heavy atom. The van der Waals surface area contributed by atoms with Crippen LogP contribution >= 0.6 is 0 Å². The summed E-state index contributed by atoms with van der Waals surface area (Å²) in [6.45, 7) is 12.5. The normalized spacial score (nSPS) is 12.9. The average molecular weight is 351 g/mol. The number of benzene rings is 1. The third-order valence-corrected chi connectivity index (χ3v) is 2.77. The second-order valence-corrected chi connectivity index (χ2v) is 7.80. The molecule has 0 aliphatic heterocycles. The van der Waals surface area contributed by atoms with Crippen molar-refractivity contribution >= 4 is 17.6 Å². The maximum Gasteiger partial charge on any atom is 0.344 e. The van der Waals surface area contributed by atoms with E-state index < -0.39 is 23.2 Å². The molecule has 0 amide bonds. The molecule has 0 saturated heterocycles. The van der Waals surface area contributed by atoms with E-state index in [1.807, 2.05) is 20.8 Å². The molecule has 1 N–H and O–H groups in total. The lowest BCUT2D eigenvalue weighted by Gasteiger charge is -2.23. The molecule has 0 heterocycles. The van der Waals surface area contributed by atoms with Crippen LogP contribution in [-0.2, 0) is 19.1 Å². The van der Waals surface area contributed by atoms with Crippen LogP contribution < -0.4 is 10.1 Å². The molecule has 25 heavy (non-hydrogen) atoms. The highest BCUT2D eigenvalue weighted by Gasteiger charge is 2.21. The Bertz CT molecular complexity index is 581. The third-order valence-electron chi connectivity index (χ3n) is 2.77. The first-order valence-electron chi connectivity index (χ1n) is 8.30. The van der Waals surface area contributed by atoms with E-state index >= 15 is 0 Å². The Balaban J connectivity index is 2.51. The summed E-state index contributed by atoms with van der Waals surface area (Å²) in [4.78, 5) is 23.6. The molecule has 0 aromatic heterocycles. The van der Waals surface area contributed by atoms with Crippen molar-refractivity contribution in [3.05, 3.63) is 24.3 Å². The first kappa shape index (κ1) is 20.8. The maximum atomic E-state index is 12.0. The Kier molecular flexibility index (Phi) is 6.85. The smallest absolute Gasteiger partial charge is 0.344 e. The van der Waals surface area contributed by atoms with E-state index in [-0.39, 0.29) is 12.6 Å². The van der Waals surface area contributed by atoms with Crippen molar-refractivity contribution in [1.82, 2.24) is 0 Å². The van der Waals surface area contributed by atoms with Crippen LogP contribution in [-0.4, -0.2) is 35.8 Å². The fourth-order valence-corrected chi connectivity index (χ4v) is 1.86. The van der Waals surface area contributed by atoms with Crippen LogP contribution in [0.5, 0.6) is 5.75 Å². The van der Waals surface area contributed by atoms with Crippen molar-refractivity contribution < 1.29 is 23.8 Å². The van der Waals surface area contributed by atoms with Gasteiger partial charge in [0.2, 0.25) is 0 Å². The zero-order valence-electron chi connectivity index (χ0n) is 16.1. The van der Waals surface area contributed by atoms with Gasteiger partial charge in [-0.3, -0.25) is 0 Å². The Morgan fingerprint density at radius 2 is 1.48 bits per heavy atom. The highest BCUT2D eigenvalue weighted by atomic mass is 16.6.